The van der Waals surface area contributed by atoms with Crippen LogP contribution in [0, 0.1) is 5.92 Å². The first kappa shape index (κ1) is 28.4. The van der Waals surface area contributed by atoms with Crippen molar-refractivity contribution in [3.63, 3.8) is 0 Å². The number of nitrogens with zero attached hydrogens (tertiary/aromatic N) is 2. The molecule has 2 aromatic carbocycles. The van der Waals surface area contributed by atoms with Crippen molar-refractivity contribution in [1.82, 2.24) is 15.1 Å². The number of carbonyl (C=O) groups excluding carboxylic acids is 2. The molecule has 1 aromatic heterocycles. The van der Waals surface area contributed by atoms with E-state index in [-0.39, 0.29) is 23.8 Å². The first-order chi connectivity index (χ1) is 18.9. The molecule has 0 bridgehead atoms. The Hall–Kier alpha value is -3.62. The summed E-state index contributed by atoms with van der Waals surface area (Å²) in [7, 11) is 1.65. The van der Waals surface area contributed by atoms with Gasteiger partial charge in [-0.3, -0.25) is 14.5 Å². The molecule has 8 nitrogen and oxygen atoms in total. The van der Waals surface area contributed by atoms with Gasteiger partial charge in [-0.15, -0.1) is 0 Å². The first-order valence-electron chi connectivity index (χ1n) is 13.5. The van der Waals surface area contributed by atoms with Crippen LogP contribution >= 0.6 is 0 Å². The maximum atomic E-state index is 13.6. The molecule has 2 atom stereocenters. The number of piperazine rings is 1. The summed E-state index contributed by atoms with van der Waals surface area (Å²) >= 11 is 0. The van der Waals surface area contributed by atoms with Gasteiger partial charge in [-0.2, -0.15) is 0 Å². The van der Waals surface area contributed by atoms with Crippen LogP contribution in [0.3, 0.4) is 0 Å². The van der Waals surface area contributed by atoms with Gasteiger partial charge in [-0.05, 0) is 30.7 Å². The van der Waals surface area contributed by atoms with Crippen LogP contribution in [0.15, 0.2) is 71.3 Å². The average molecular weight is 534 g/mol. The summed E-state index contributed by atoms with van der Waals surface area (Å²) in [6, 6.07) is 18.9. The lowest BCUT2D eigenvalue weighted by Crippen LogP contribution is -2.64. The first-order valence-corrected chi connectivity index (χ1v) is 13.5. The van der Waals surface area contributed by atoms with Crippen molar-refractivity contribution in [2.75, 3.05) is 33.4 Å². The van der Waals surface area contributed by atoms with Crippen molar-refractivity contribution >= 4 is 11.8 Å². The van der Waals surface area contributed by atoms with Crippen LogP contribution in [0.1, 0.15) is 31.9 Å². The number of para-hydroxylation sites is 1. The molecule has 4 rings (SSSR count). The largest absolute Gasteiger partial charge is 0.491 e. The van der Waals surface area contributed by atoms with E-state index in [1.807, 2.05) is 81.4 Å². The number of ether oxygens (including phenoxy) is 2. The van der Waals surface area contributed by atoms with Crippen molar-refractivity contribution in [2.45, 2.75) is 45.9 Å². The van der Waals surface area contributed by atoms with Gasteiger partial charge in [0.15, 0.2) is 0 Å². The van der Waals surface area contributed by atoms with Crippen LogP contribution in [-0.4, -0.2) is 67.1 Å². The van der Waals surface area contributed by atoms with Crippen molar-refractivity contribution in [3.8, 4) is 17.1 Å². The molecule has 39 heavy (non-hydrogen) atoms. The van der Waals surface area contributed by atoms with E-state index in [2.05, 4.69) is 10.2 Å². The Balaban J connectivity index is 1.46. The maximum absolute atomic E-state index is 13.6. The highest BCUT2D eigenvalue weighted by atomic mass is 16.5. The van der Waals surface area contributed by atoms with E-state index in [0.717, 1.165) is 28.2 Å². The Morgan fingerprint density at radius 3 is 2.49 bits per heavy atom. The molecule has 0 saturated carbocycles. The molecule has 2 heterocycles. The number of furan rings is 1. The Kier molecular flexibility index (Phi) is 9.79. The third-order valence-electron chi connectivity index (χ3n) is 6.95. The van der Waals surface area contributed by atoms with E-state index < -0.39 is 6.04 Å². The molecule has 208 valence electrons. The normalized spacial score (nSPS) is 17.8. The summed E-state index contributed by atoms with van der Waals surface area (Å²) in [5.41, 5.74) is 3.00. The number of amides is 2. The second kappa shape index (κ2) is 13.4. The van der Waals surface area contributed by atoms with E-state index in [9.17, 15) is 9.59 Å². The van der Waals surface area contributed by atoms with E-state index in [1.54, 1.807) is 18.3 Å². The SMILES string of the molecule is COCCOc1ccccc1CN1CC(C)N(C(=O)C(C)C)C(C(=O)NCc2ccc(-c3ccco3)cc2)C1. The fraction of sp³-hybridized carbons (Fsp3) is 0.419. The lowest BCUT2D eigenvalue weighted by Gasteiger charge is -2.45. The molecule has 1 N–H and O–H groups in total. The van der Waals surface area contributed by atoms with Crippen LogP contribution in [-0.2, 0) is 27.4 Å². The Morgan fingerprint density at radius 2 is 1.79 bits per heavy atom. The monoisotopic (exact) mass is 533 g/mol. The molecule has 8 heteroatoms. The highest BCUT2D eigenvalue weighted by Gasteiger charge is 2.40. The minimum absolute atomic E-state index is 0.00611. The molecular weight excluding hydrogens is 494 g/mol. The van der Waals surface area contributed by atoms with Gasteiger partial charge in [0.2, 0.25) is 11.8 Å². The van der Waals surface area contributed by atoms with Gasteiger partial charge >= 0.3 is 0 Å². The zero-order valence-electron chi connectivity index (χ0n) is 23.3. The summed E-state index contributed by atoms with van der Waals surface area (Å²) < 4.78 is 16.5. The highest BCUT2D eigenvalue weighted by Crippen LogP contribution is 2.25. The van der Waals surface area contributed by atoms with Crippen molar-refractivity contribution < 1.29 is 23.5 Å². The van der Waals surface area contributed by atoms with Crippen LogP contribution in [0.4, 0.5) is 0 Å². The second-order valence-electron chi connectivity index (χ2n) is 10.3. The number of benzene rings is 2. The molecule has 1 saturated heterocycles. The van der Waals surface area contributed by atoms with Gasteiger partial charge in [0.1, 0.15) is 24.2 Å². The third-order valence-corrected chi connectivity index (χ3v) is 6.95. The zero-order chi connectivity index (χ0) is 27.8. The van der Waals surface area contributed by atoms with Gasteiger partial charge in [-0.1, -0.05) is 56.3 Å². The summed E-state index contributed by atoms with van der Waals surface area (Å²) in [6.07, 6.45) is 1.65. The molecule has 1 fully saturated rings. The number of methoxy groups -OCH3 is 1. The van der Waals surface area contributed by atoms with Gasteiger partial charge < -0.3 is 24.1 Å². The average Bonchev–Trinajstić information content (AvgIpc) is 3.47. The molecule has 2 unspecified atom stereocenters. The molecule has 1 aliphatic rings. The fourth-order valence-electron chi connectivity index (χ4n) is 4.97. The fourth-order valence-corrected chi connectivity index (χ4v) is 4.97. The van der Waals surface area contributed by atoms with Gasteiger partial charge in [0, 0.05) is 56.4 Å². The zero-order valence-corrected chi connectivity index (χ0v) is 23.3. The van der Waals surface area contributed by atoms with E-state index in [1.165, 1.54) is 0 Å². The van der Waals surface area contributed by atoms with E-state index in [4.69, 9.17) is 13.9 Å². The van der Waals surface area contributed by atoms with Crippen LogP contribution < -0.4 is 10.1 Å². The minimum atomic E-state index is -0.590. The third kappa shape index (κ3) is 7.28. The number of hydrogen-bond acceptors (Lipinski definition) is 6. The maximum Gasteiger partial charge on any atom is 0.244 e. The molecule has 0 spiro atoms. The smallest absolute Gasteiger partial charge is 0.244 e. The Labute approximate surface area is 230 Å². The molecule has 0 radical (unpaired) electrons. The summed E-state index contributed by atoms with van der Waals surface area (Å²) in [5, 5.41) is 3.08. The summed E-state index contributed by atoms with van der Waals surface area (Å²) in [4.78, 5) is 30.8. The van der Waals surface area contributed by atoms with E-state index >= 15 is 0 Å². The minimum Gasteiger partial charge on any atom is -0.491 e. The van der Waals surface area contributed by atoms with Crippen LogP contribution in [0.25, 0.3) is 11.3 Å². The number of carbonyl (C=O) groups is 2. The van der Waals surface area contributed by atoms with Crippen molar-refractivity contribution in [2.24, 2.45) is 5.92 Å². The standard InChI is InChI=1S/C31H39N3O5/c1-22(2)31(36)34-23(3)19-33(20-26-8-5-6-9-29(26)39-17-16-37-4)21-27(34)30(35)32-18-24-11-13-25(14-12-24)28-10-7-15-38-28/h5-15,22-23,27H,16-21H2,1-4H3,(H,32,35). The van der Waals surface area contributed by atoms with Crippen LogP contribution in [0.2, 0.25) is 0 Å². The lowest BCUT2D eigenvalue weighted by atomic mass is 10.0. The molecular formula is C31H39N3O5. The number of hydrogen-bond donors (Lipinski definition) is 1. The predicted octanol–water partition coefficient (Wildman–Crippen LogP) is 4.35. The topological polar surface area (TPSA) is 84.2 Å². The molecule has 3 aromatic rings. The van der Waals surface area contributed by atoms with Gasteiger partial charge in [-0.25, -0.2) is 0 Å². The quantitative estimate of drug-likeness (QED) is 0.369. The molecule has 0 aliphatic carbocycles. The van der Waals surface area contributed by atoms with Crippen molar-refractivity contribution in [3.05, 3.63) is 78.1 Å². The van der Waals surface area contributed by atoms with Crippen molar-refractivity contribution in [1.29, 1.82) is 0 Å². The summed E-state index contributed by atoms with van der Waals surface area (Å²) in [5.74, 6) is 1.25. The van der Waals surface area contributed by atoms with Crippen LogP contribution in [0.5, 0.6) is 5.75 Å². The second-order valence-corrected chi connectivity index (χ2v) is 10.3. The Morgan fingerprint density at radius 1 is 1.03 bits per heavy atom. The van der Waals surface area contributed by atoms with Gasteiger partial charge in [0.05, 0.1) is 12.9 Å². The Bertz CT molecular complexity index is 1210. The number of nitrogens with one attached hydrogen (secondary N) is 1. The molecule has 1 aliphatic heterocycles. The predicted molar refractivity (Wildman–Crippen MR) is 150 cm³/mol. The van der Waals surface area contributed by atoms with Gasteiger partial charge in [0.25, 0.3) is 0 Å². The number of rotatable bonds is 11. The highest BCUT2D eigenvalue weighted by molar-refractivity contribution is 5.89. The lowest BCUT2D eigenvalue weighted by molar-refractivity contribution is -0.150. The summed E-state index contributed by atoms with van der Waals surface area (Å²) in [6.45, 7) is 8.86. The van der Waals surface area contributed by atoms with E-state index in [0.29, 0.717) is 39.4 Å². The molecule has 2 amide bonds.